The molecule has 1 fully saturated rings. The summed E-state index contributed by atoms with van der Waals surface area (Å²) in [6.45, 7) is 0.154. The van der Waals surface area contributed by atoms with E-state index in [1.54, 1.807) is 0 Å². The number of benzene rings is 1. The van der Waals surface area contributed by atoms with Gasteiger partial charge in [0.2, 0.25) is 17.6 Å². The molecule has 4 heterocycles. The minimum Gasteiger partial charge on any atom is -0.333 e. The van der Waals surface area contributed by atoms with Crippen LogP contribution in [0.2, 0.25) is 0 Å². The molecule has 1 aromatic carbocycles. The number of carbonyl (C=O) groups excluding carboxylic acids is 2. The highest BCUT2D eigenvalue weighted by atomic mass is 19.4. The lowest BCUT2D eigenvalue weighted by Crippen LogP contribution is -2.43. The molecule has 0 unspecified atom stereocenters. The van der Waals surface area contributed by atoms with Crippen LogP contribution in [-0.2, 0) is 28.9 Å². The first-order chi connectivity index (χ1) is 14.3. The number of rotatable bonds is 2. The minimum absolute atomic E-state index is 0.0248. The van der Waals surface area contributed by atoms with Gasteiger partial charge in [0.15, 0.2) is 11.6 Å². The van der Waals surface area contributed by atoms with Crippen molar-refractivity contribution in [3.05, 3.63) is 35.9 Å². The van der Waals surface area contributed by atoms with E-state index < -0.39 is 17.9 Å². The van der Waals surface area contributed by atoms with Crippen molar-refractivity contribution in [1.82, 2.24) is 29.9 Å². The van der Waals surface area contributed by atoms with Gasteiger partial charge in [-0.1, -0.05) is 12.1 Å². The third-order valence-electron chi connectivity index (χ3n) is 5.50. The van der Waals surface area contributed by atoms with E-state index in [1.165, 1.54) is 9.80 Å². The summed E-state index contributed by atoms with van der Waals surface area (Å²) in [5.41, 5.74) is 0.783. The zero-order chi connectivity index (χ0) is 21.0. The van der Waals surface area contributed by atoms with Crippen molar-refractivity contribution in [2.45, 2.75) is 25.7 Å². The molecule has 9 nitrogen and oxygen atoms in total. The van der Waals surface area contributed by atoms with E-state index in [0.29, 0.717) is 5.82 Å². The molecule has 1 N–H and O–H groups in total. The second-order valence-corrected chi connectivity index (χ2v) is 7.35. The number of fused-ring (bicyclic) bond motifs is 2. The van der Waals surface area contributed by atoms with Crippen molar-refractivity contribution in [3.8, 4) is 0 Å². The van der Waals surface area contributed by atoms with Crippen molar-refractivity contribution < 1.29 is 22.8 Å². The molecule has 0 bridgehead atoms. The topological polar surface area (TPSA) is 100 Å². The molecule has 5 rings (SSSR count). The number of aromatic nitrogens is 5. The molecule has 0 spiro atoms. The van der Waals surface area contributed by atoms with Gasteiger partial charge in [-0.15, -0.1) is 10.2 Å². The van der Waals surface area contributed by atoms with E-state index >= 15 is 0 Å². The summed E-state index contributed by atoms with van der Waals surface area (Å²) in [4.78, 5) is 28.5. The maximum atomic E-state index is 13.0. The van der Waals surface area contributed by atoms with Gasteiger partial charge in [-0.2, -0.15) is 18.3 Å². The molecule has 12 heteroatoms. The van der Waals surface area contributed by atoms with Crippen molar-refractivity contribution in [2.24, 2.45) is 5.92 Å². The van der Waals surface area contributed by atoms with Gasteiger partial charge in [0.1, 0.15) is 0 Å². The summed E-state index contributed by atoms with van der Waals surface area (Å²) in [7, 11) is 0. The lowest BCUT2D eigenvalue weighted by atomic mass is 10.1. The van der Waals surface area contributed by atoms with Gasteiger partial charge in [-0.05, 0) is 12.1 Å². The number of nitrogens with one attached hydrogen (secondary N) is 1. The molecule has 1 atom stereocenters. The maximum Gasteiger partial charge on any atom is 0.451 e. The van der Waals surface area contributed by atoms with Gasteiger partial charge in [0.05, 0.1) is 18.0 Å². The molecule has 2 aliphatic heterocycles. The Morgan fingerprint density at radius 3 is 2.77 bits per heavy atom. The number of H-pyrrole nitrogens is 1. The first kappa shape index (κ1) is 18.6. The Morgan fingerprint density at radius 1 is 1.17 bits per heavy atom. The normalized spacial score (nSPS) is 19.6. The molecule has 156 valence electrons. The van der Waals surface area contributed by atoms with Crippen molar-refractivity contribution in [1.29, 1.82) is 0 Å². The second-order valence-electron chi connectivity index (χ2n) is 7.35. The van der Waals surface area contributed by atoms with Crippen LogP contribution in [0.4, 0.5) is 19.0 Å². The number of aromatic amines is 1. The van der Waals surface area contributed by atoms with E-state index in [-0.39, 0.29) is 50.2 Å². The summed E-state index contributed by atoms with van der Waals surface area (Å²) < 4.78 is 40.0. The number of halogens is 3. The van der Waals surface area contributed by atoms with E-state index in [0.717, 1.165) is 15.5 Å². The van der Waals surface area contributed by atoms with E-state index in [4.69, 9.17) is 0 Å². The standard InChI is InChI=1S/C18H16F3N7O2/c19-18(20,21)17-25-23-13-9-26(5-6-27(13)17)16(30)10-7-14(29)28(8-10)15-11-3-1-2-4-12(11)22-24-15/h1-4,10H,5-9H2,(H,22,24)/t10-/m1/s1. The molecule has 0 radical (unpaired) electrons. The fourth-order valence-corrected chi connectivity index (χ4v) is 4.05. The molecular formula is C18H16F3N7O2. The number of hydrogen-bond acceptors (Lipinski definition) is 5. The van der Waals surface area contributed by atoms with Crippen LogP contribution >= 0.6 is 0 Å². The van der Waals surface area contributed by atoms with Crippen LogP contribution in [0.3, 0.4) is 0 Å². The highest BCUT2D eigenvalue weighted by molar-refractivity contribution is 6.05. The first-order valence-electron chi connectivity index (χ1n) is 9.34. The zero-order valence-corrected chi connectivity index (χ0v) is 15.6. The Labute approximate surface area is 167 Å². The number of nitrogens with zero attached hydrogens (tertiary/aromatic N) is 6. The van der Waals surface area contributed by atoms with Crippen LogP contribution in [0.5, 0.6) is 0 Å². The number of carbonyl (C=O) groups is 2. The lowest BCUT2D eigenvalue weighted by molar-refractivity contribution is -0.148. The smallest absolute Gasteiger partial charge is 0.333 e. The molecule has 0 aliphatic carbocycles. The zero-order valence-electron chi connectivity index (χ0n) is 15.6. The quantitative estimate of drug-likeness (QED) is 0.680. The molecule has 2 amide bonds. The van der Waals surface area contributed by atoms with Crippen molar-refractivity contribution in [3.63, 3.8) is 0 Å². The number of alkyl halides is 3. The predicted octanol–water partition coefficient (Wildman–Crippen LogP) is 1.57. The summed E-state index contributed by atoms with van der Waals surface area (Å²) in [6.07, 6.45) is -4.57. The average Bonchev–Trinajstić information content (AvgIpc) is 3.42. The van der Waals surface area contributed by atoms with Crippen LogP contribution in [0.1, 0.15) is 18.1 Å². The maximum absolute atomic E-state index is 13.0. The van der Waals surface area contributed by atoms with Crippen molar-refractivity contribution >= 4 is 28.5 Å². The van der Waals surface area contributed by atoms with Crippen LogP contribution in [0.25, 0.3) is 10.9 Å². The Bertz CT molecular complexity index is 1150. The molecule has 2 aliphatic rings. The summed E-state index contributed by atoms with van der Waals surface area (Å²) >= 11 is 0. The van der Waals surface area contributed by atoms with Gasteiger partial charge in [0.25, 0.3) is 0 Å². The SMILES string of the molecule is O=C([C@@H]1CC(=O)N(c2n[nH]c3ccccc23)C1)N1CCn2c(nnc2C(F)(F)F)C1. The lowest BCUT2D eigenvalue weighted by Gasteiger charge is -2.29. The third-order valence-corrected chi connectivity index (χ3v) is 5.50. The fourth-order valence-electron chi connectivity index (χ4n) is 4.05. The minimum atomic E-state index is -4.60. The molecule has 1 saturated heterocycles. The number of para-hydroxylation sites is 1. The fraction of sp³-hybridized carbons (Fsp3) is 0.389. The highest BCUT2D eigenvalue weighted by Gasteiger charge is 2.42. The van der Waals surface area contributed by atoms with Gasteiger partial charge < -0.3 is 9.47 Å². The second kappa shape index (κ2) is 6.54. The Morgan fingerprint density at radius 2 is 1.97 bits per heavy atom. The molecule has 2 aromatic heterocycles. The molecule has 30 heavy (non-hydrogen) atoms. The van der Waals surface area contributed by atoms with Crippen LogP contribution in [0.15, 0.2) is 24.3 Å². The molecule has 3 aromatic rings. The number of anilines is 1. The van der Waals surface area contributed by atoms with Gasteiger partial charge in [-0.3, -0.25) is 19.6 Å². The number of amides is 2. The van der Waals surface area contributed by atoms with Crippen LogP contribution < -0.4 is 4.90 Å². The number of hydrogen-bond donors (Lipinski definition) is 1. The summed E-state index contributed by atoms with van der Waals surface area (Å²) in [5, 5.41) is 14.7. The average molecular weight is 419 g/mol. The predicted molar refractivity (Wildman–Crippen MR) is 97.0 cm³/mol. The van der Waals surface area contributed by atoms with Gasteiger partial charge >= 0.3 is 6.18 Å². The van der Waals surface area contributed by atoms with Crippen LogP contribution in [0, 0.1) is 5.92 Å². The van der Waals surface area contributed by atoms with Crippen molar-refractivity contribution in [2.75, 3.05) is 18.0 Å². The third kappa shape index (κ3) is 2.90. The monoisotopic (exact) mass is 419 g/mol. The summed E-state index contributed by atoms with van der Waals surface area (Å²) in [5.74, 6) is -1.60. The van der Waals surface area contributed by atoms with Crippen LogP contribution in [-0.4, -0.2) is 54.8 Å². The highest BCUT2D eigenvalue weighted by Crippen LogP contribution is 2.32. The molecular weight excluding hydrogens is 403 g/mol. The Kier molecular flexibility index (Phi) is 4.05. The van der Waals surface area contributed by atoms with Gasteiger partial charge in [-0.25, -0.2) is 0 Å². The van der Waals surface area contributed by atoms with E-state index in [9.17, 15) is 22.8 Å². The molecule has 0 saturated carbocycles. The Hall–Kier alpha value is -3.44. The van der Waals surface area contributed by atoms with Gasteiger partial charge in [0, 0.05) is 31.4 Å². The first-order valence-corrected chi connectivity index (χ1v) is 9.34. The van der Waals surface area contributed by atoms with E-state index in [2.05, 4.69) is 20.4 Å². The Balaban J connectivity index is 1.33. The largest absolute Gasteiger partial charge is 0.451 e. The van der Waals surface area contributed by atoms with E-state index in [1.807, 2.05) is 24.3 Å². The summed E-state index contributed by atoms with van der Waals surface area (Å²) in [6, 6.07) is 7.37.